The molecule has 2 aromatic heterocycles. The highest BCUT2D eigenvalue weighted by Crippen LogP contribution is 2.41. The van der Waals surface area contributed by atoms with E-state index in [2.05, 4.69) is 4.98 Å². The van der Waals surface area contributed by atoms with Gasteiger partial charge in [-0.05, 0) is 30.3 Å². The average molecular weight is 405 g/mol. The van der Waals surface area contributed by atoms with Crippen LogP contribution in [0.3, 0.4) is 0 Å². The smallest absolute Gasteiger partial charge is 0.231 e. The highest BCUT2D eigenvalue weighted by Gasteiger charge is 2.21. The van der Waals surface area contributed by atoms with Crippen LogP contribution < -0.4 is 23.7 Å². The second kappa shape index (κ2) is 7.14. The molecule has 2 aromatic carbocycles. The lowest BCUT2D eigenvalue weighted by atomic mass is 10.1. The molecule has 0 atom stereocenters. The molecule has 1 aliphatic heterocycles. The maximum atomic E-state index is 5.53. The summed E-state index contributed by atoms with van der Waals surface area (Å²) >= 11 is 0. The molecule has 4 aromatic rings. The minimum atomic E-state index is 0.223. The molecule has 0 N–H and O–H groups in total. The summed E-state index contributed by atoms with van der Waals surface area (Å²) in [6, 6.07) is 13.3. The minimum absolute atomic E-state index is 0.223. The van der Waals surface area contributed by atoms with Gasteiger partial charge in [0.2, 0.25) is 12.5 Å². The molecule has 152 valence electrons. The van der Waals surface area contributed by atoms with Gasteiger partial charge in [-0.25, -0.2) is 9.67 Å². The molecule has 30 heavy (non-hydrogen) atoms. The van der Waals surface area contributed by atoms with Gasteiger partial charge >= 0.3 is 0 Å². The minimum Gasteiger partial charge on any atom is -0.493 e. The van der Waals surface area contributed by atoms with Crippen molar-refractivity contribution in [1.82, 2.24) is 14.8 Å². The molecule has 0 bridgehead atoms. The molecule has 8 nitrogen and oxygen atoms in total. The summed E-state index contributed by atoms with van der Waals surface area (Å²) in [5.41, 5.74) is 3.13. The Morgan fingerprint density at radius 1 is 0.900 bits per heavy atom. The van der Waals surface area contributed by atoms with Gasteiger partial charge < -0.3 is 23.7 Å². The summed E-state index contributed by atoms with van der Waals surface area (Å²) in [6.45, 7) is 0.223. The molecule has 5 rings (SSSR count). The highest BCUT2D eigenvalue weighted by atomic mass is 16.7. The molecule has 0 unspecified atom stereocenters. The number of nitrogens with zero attached hydrogens (tertiary/aromatic N) is 3. The molecule has 0 radical (unpaired) electrons. The molecule has 8 heteroatoms. The van der Waals surface area contributed by atoms with Crippen LogP contribution in [0.2, 0.25) is 0 Å². The van der Waals surface area contributed by atoms with Crippen LogP contribution in [-0.4, -0.2) is 42.9 Å². The predicted octanol–water partition coefficient (Wildman–Crippen LogP) is 3.84. The monoisotopic (exact) mass is 405 g/mol. The van der Waals surface area contributed by atoms with E-state index >= 15 is 0 Å². The van der Waals surface area contributed by atoms with Crippen LogP contribution in [0.4, 0.5) is 0 Å². The van der Waals surface area contributed by atoms with Crippen molar-refractivity contribution in [3.63, 3.8) is 0 Å². The summed E-state index contributed by atoms with van der Waals surface area (Å²) in [5, 5.41) is 5.77. The Bertz CT molecular complexity index is 1230. The molecule has 1 aliphatic rings. The van der Waals surface area contributed by atoms with Gasteiger partial charge in [-0.15, -0.1) is 0 Å². The first-order valence-electron chi connectivity index (χ1n) is 9.27. The average Bonchev–Trinajstić information content (AvgIpc) is 3.42. The van der Waals surface area contributed by atoms with Gasteiger partial charge in [-0.3, -0.25) is 0 Å². The van der Waals surface area contributed by atoms with E-state index in [9.17, 15) is 0 Å². The molecular weight excluding hydrogens is 386 g/mol. The molecule has 0 saturated heterocycles. The van der Waals surface area contributed by atoms with Crippen LogP contribution in [0.25, 0.3) is 28.0 Å². The predicted molar refractivity (Wildman–Crippen MR) is 110 cm³/mol. The molecule has 0 spiro atoms. The van der Waals surface area contributed by atoms with E-state index in [1.165, 1.54) is 0 Å². The Labute approximate surface area is 172 Å². The maximum absolute atomic E-state index is 5.53. The Morgan fingerprint density at radius 2 is 1.67 bits per heavy atom. The van der Waals surface area contributed by atoms with Crippen LogP contribution in [0.5, 0.6) is 28.7 Å². The second-order valence-electron chi connectivity index (χ2n) is 6.59. The van der Waals surface area contributed by atoms with Crippen LogP contribution in [0.15, 0.2) is 48.7 Å². The van der Waals surface area contributed by atoms with E-state index in [4.69, 9.17) is 28.8 Å². The number of pyridine rings is 1. The molecular formula is C22H19N3O5. The summed E-state index contributed by atoms with van der Waals surface area (Å²) in [4.78, 5) is 4.56. The first kappa shape index (κ1) is 18.1. The van der Waals surface area contributed by atoms with Gasteiger partial charge in [0.15, 0.2) is 28.6 Å². The first-order chi connectivity index (χ1) is 14.7. The third-order valence-electron chi connectivity index (χ3n) is 4.98. The normalized spacial score (nSPS) is 12.2. The fourth-order valence-electron chi connectivity index (χ4n) is 3.58. The van der Waals surface area contributed by atoms with Crippen LogP contribution in [0.1, 0.15) is 0 Å². The van der Waals surface area contributed by atoms with E-state index in [1.54, 1.807) is 32.2 Å². The van der Waals surface area contributed by atoms with Crippen LogP contribution in [0, 0.1) is 0 Å². The zero-order valence-corrected chi connectivity index (χ0v) is 16.7. The van der Waals surface area contributed by atoms with Gasteiger partial charge in [0.25, 0.3) is 0 Å². The lowest BCUT2D eigenvalue weighted by molar-refractivity contribution is 0.174. The van der Waals surface area contributed by atoms with E-state index in [1.807, 2.05) is 42.5 Å². The second-order valence-corrected chi connectivity index (χ2v) is 6.59. The number of hydrogen-bond donors (Lipinski definition) is 0. The number of fused-ring (bicyclic) bond motifs is 2. The standard InChI is InChI=1S/C22H19N3O5/c1-26-18-10-14(11-19(27-2)21(18)28-3)25-22-15(5-4-8-23-22)20(24-25)13-6-7-16-17(9-13)30-12-29-16/h4-11H,12H2,1-3H3. The molecule has 0 saturated carbocycles. The van der Waals surface area contributed by atoms with E-state index in [-0.39, 0.29) is 6.79 Å². The van der Waals surface area contributed by atoms with Crippen LogP contribution >= 0.6 is 0 Å². The topological polar surface area (TPSA) is 76.9 Å². The van der Waals surface area contributed by atoms with Crippen molar-refractivity contribution in [2.24, 2.45) is 0 Å². The Balaban J connectivity index is 1.72. The molecule has 3 heterocycles. The summed E-state index contributed by atoms with van der Waals surface area (Å²) in [7, 11) is 4.74. The number of rotatable bonds is 5. The van der Waals surface area contributed by atoms with E-state index in [0.717, 1.165) is 28.1 Å². The number of ether oxygens (including phenoxy) is 5. The Kier molecular flexibility index (Phi) is 4.31. The van der Waals surface area contributed by atoms with Crippen molar-refractivity contribution >= 4 is 11.0 Å². The zero-order chi connectivity index (χ0) is 20.7. The van der Waals surface area contributed by atoms with Gasteiger partial charge in [-0.1, -0.05) is 0 Å². The SMILES string of the molecule is COc1cc(-n2nc(-c3ccc4c(c3)OCO4)c3cccnc32)cc(OC)c1OC. The number of aromatic nitrogens is 3. The zero-order valence-electron chi connectivity index (χ0n) is 16.7. The molecule has 0 amide bonds. The number of hydrogen-bond acceptors (Lipinski definition) is 7. The fourth-order valence-corrected chi connectivity index (χ4v) is 3.58. The van der Waals surface area contributed by atoms with Crippen molar-refractivity contribution in [2.45, 2.75) is 0 Å². The quantitative estimate of drug-likeness (QED) is 0.499. The van der Waals surface area contributed by atoms with Crippen molar-refractivity contribution in [2.75, 3.05) is 28.1 Å². The number of methoxy groups -OCH3 is 3. The number of benzene rings is 2. The van der Waals surface area contributed by atoms with Crippen LogP contribution in [-0.2, 0) is 0 Å². The van der Waals surface area contributed by atoms with Crippen molar-refractivity contribution in [3.05, 3.63) is 48.7 Å². The maximum Gasteiger partial charge on any atom is 0.231 e. The van der Waals surface area contributed by atoms with Crippen molar-refractivity contribution < 1.29 is 23.7 Å². The third kappa shape index (κ3) is 2.76. The van der Waals surface area contributed by atoms with Gasteiger partial charge in [0.05, 0.1) is 27.0 Å². The summed E-state index contributed by atoms with van der Waals surface area (Å²) in [6.07, 6.45) is 1.74. The van der Waals surface area contributed by atoms with Gasteiger partial charge in [0, 0.05) is 29.3 Å². The summed E-state index contributed by atoms with van der Waals surface area (Å²) < 4.78 is 29.1. The Hall–Kier alpha value is -3.94. The fraction of sp³-hybridized carbons (Fsp3) is 0.182. The lowest BCUT2D eigenvalue weighted by Gasteiger charge is -2.14. The van der Waals surface area contributed by atoms with Crippen molar-refractivity contribution in [3.8, 4) is 45.7 Å². The lowest BCUT2D eigenvalue weighted by Crippen LogP contribution is -2.01. The van der Waals surface area contributed by atoms with Gasteiger partial charge in [-0.2, -0.15) is 5.10 Å². The first-order valence-corrected chi connectivity index (χ1v) is 9.27. The summed E-state index contributed by atoms with van der Waals surface area (Å²) in [5.74, 6) is 3.02. The van der Waals surface area contributed by atoms with E-state index < -0.39 is 0 Å². The molecule has 0 fully saturated rings. The molecule has 0 aliphatic carbocycles. The van der Waals surface area contributed by atoms with E-state index in [0.29, 0.717) is 28.6 Å². The Morgan fingerprint density at radius 3 is 2.40 bits per heavy atom. The third-order valence-corrected chi connectivity index (χ3v) is 4.98. The highest BCUT2D eigenvalue weighted by molar-refractivity contribution is 5.92. The van der Waals surface area contributed by atoms with Gasteiger partial charge in [0.1, 0.15) is 5.69 Å². The largest absolute Gasteiger partial charge is 0.493 e. The van der Waals surface area contributed by atoms with Crippen molar-refractivity contribution in [1.29, 1.82) is 0 Å².